The van der Waals surface area contributed by atoms with Gasteiger partial charge in [0.2, 0.25) is 5.91 Å². The molecule has 1 aromatic rings. The Labute approximate surface area is 142 Å². The van der Waals surface area contributed by atoms with E-state index in [2.05, 4.69) is 4.98 Å². The number of hydrogen-bond acceptors (Lipinski definition) is 4. The number of morpholine rings is 1. The lowest BCUT2D eigenvalue weighted by Gasteiger charge is -2.32. The van der Waals surface area contributed by atoms with Crippen molar-refractivity contribution in [2.75, 3.05) is 39.4 Å². The summed E-state index contributed by atoms with van der Waals surface area (Å²) in [6.07, 6.45) is 6.50. The third kappa shape index (κ3) is 4.12. The molecule has 24 heavy (non-hydrogen) atoms. The summed E-state index contributed by atoms with van der Waals surface area (Å²) in [5.41, 5.74) is 1.72. The van der Waals surface area contributed by atoms with Crippen molar-refractivity contribution < 1.29 is 14.3 Å². The van der Waals surface area contributed by atoms with Crippen LogP contribution < -0.4 is 0 Å². The second-order valence-corrected chi connectivity index (χ2v) is 6.66. The zero-order chi connectivity index (χ0) is 16.9. The SMILES string of the molecule is CC(=O)N1CCC[C@H](Cc2cncc(C(=O)N3CCOCC3)c2)C1. The lowest BCUT2D eigenvalue weighted by Crippen LogP contribution is -2.40. The summed E-state index contributed by atoms with van der Waals surface area (Å²) in [5.74, 6) is 0.619. The molecule has 0 unspecified atom stereocenters. The van der Waals surface area contributed by atoms with Gasteiger partial charge in [-0.3, -0.25) is 14.6 Å². The zero-order valence-electron chi connectivity index (χ0n) is 14.2. The second kappa shape index (κ2) is 7.75. The Balaban J connectivity index is 1.64. The van der Waals surface area contributed by atoms with Gasteiger partial charge in [-0.25, -0.2) is 0 Å². The number of carbonyl (C=O) groups is 2. The van der Waals surface area contributed by atoms with Crippen LogP contribution in [0.15, 0.2) is 18.5 Å². The van der Waals surface area contributed by atoms with Gasteiger partial charge >= 0.3 is 0 Å². The minimum absolute atomic E-state index is 0.0293. The van der Waals surface area contributed by atoms with Crippen LogP contribution >= 0.6 is 0 Å². The maximum absolute atomic E-state index is 12.6. The summed E-state index contributed by atoms with van der Waals surface area (Å²) in [5, 5.41) is 0. The Kier molecular flexibility index (Phi) is 5.45. The molecule has 0 aromatic carbocycles. The van der Waals surface area contributed by atoms with Crippen LogP contribution in [0, 0.1) is 5.92 Å². The fourth-order valence-corrected chi connectivity index (χ4v) is 3.52. The van der Waals surface area contributed by atoms with Crippen LogP contribution in [0.25, 0.3) is 0 Å². The first-order valence-corrected chi connectivity index (χ1v) is 8.70. The van der Waals surface area contributed by atoms with Crippen molar-refractivity contribution in [3.05, 3.63) is 29.6 Å². The summed E-state index contributed by atoms with van der Waals surface area (Å²) in [6, 6.07) is 1.96. The fraction of sp³-hybridized carbons (Fsp3) is 0.611. The highest BCUT2D eigenvalue weighted by atomic mass is 16.5. The van der Waals surface area contributed by atoms with Crippen molar-refractivity contribution in [2.24, 2.45) is 5.92 Å². The van der Waals surface area contributed by atoms with Gasteiger partial charge in [-0.1, -0.05) is 0 Å². The molecule has 0 saturated carbocycles. The minimum atomic E-state index is 0.0293. The van der Waals surface area contributed by atoms with Gasteiger partial charge in [0.1, 0.15) is 0 Å². The normalized spacial score (nSPS) is 21.6. The van der Waals surface area contributed by atoms with E-state index < -0.39 is 0 Å². The summed E-state index contributed by atoms with van der Waals surface area (Å²) in [4.78, 5) is 32.1. The number of pyridine rings is 1. The van der Waals surface area contributed by atoms with E-state index in [0.29, 0.717) is 37.8 Å². The number of nitrogens with zero attached hydrogens (tertiary/aromatic N) is 3. The Morgan fingerprint density at radius 2 is 2.00 bits per heavy atom. The highest BCUT2D eigenvalue weighted by Crippen LogP contribution is 2.21. The summed E-state index contributed by atoms with van der Waals surface area (Å²) in [7, 11) is 0. The maximum Gasteiger partial charge on any atom is 0.255 e. The lowest BCUT2D eigenvalue weighted by atomic mass is 9.91. The first-order valence-electron chi connectivity index (χ1n) is 8.70. The van der Waals surface area contributed by atoms with E-state index in [1.807, 2.05) is 22.1 Å². The third-order valence-electron chi connectivity index (χ3n) is 4.83. The van der Waals surface area contributed by atoms with E-state index in [0.717, 1.165) is 37.9 Å². The predicted molar refractivity (Wildman–Crippen MR) is 89.6 cm³/mol. The van der Waals surface area contributed by atoms with Crippen molar-refractivity contribution in [3.63, 3.8) is 0 Å². The molecular formula is C18H25N3O3. The van der Waals surface area contributed by atoms with Crippen molar-refractivity contribution in [2.45, 2.75) is 26.2 Å². The van der Waals surface area contributed by atoms with Crippen molar-refractivity contribution in [3.8, 4) is 0 Å². The molecule has 3 heterocycles. The summed E-state index contributed by atoms with van der Waals surface area (Å²) < 4.78 is 5.30. The average molecular weight is 331 g/mol. The molecule has 0 bridgehead atoms. The first-order chi connectivity index (χ1) is 11.6. The topological polar surface area (TPSA) is 62.7 Å². The molecule has 2 aliphatic heterocycles. The summed E-state index contributed by atoms with van der Waals surface area (Å²) in [6.45, 7) is 5.77. The highest BCUT2D eigenvalue weighted by Gasteiger charge is 2.23. The minimum Gasteiger partial charge on any atom is -0.378 e. The van der Waals surface area contributed by atoms with Gasteiger partial charge in [0, 0.05) is 45.5 Å². The molecule has 0 spiro atoms. The molecule has 2 aliphatic rings. The monoisotopic (exact) mass is 331 g/mol. The first kappa shape index (κ1) is 16.9. The van der Waals surface area contributed by atoms with E-state index in [9.17, 15) is 9.59 Å². The van der Waals surface area contributed by atoms with E-state index in [1.54, 1.807) is 13.1 Å². The number of amides is 2. The van der Waals surface area contributed by atoms with Crippen LogP contribution in [0.5, 0.6) is 0 Å². The molecule has 0 radical (unpaired) electrons. The number of ether oxygens (including phenoxy) is 1. The standard InChI is InChI=1S/C18H25N3O3/c1-14(22)21-4-2-3-15(13-21)9-16-10-17(12-19-11-16)18(23)20-5-7-24-8-6-20/h10-12,15H,2-9,13H2,1H3/t15-/m1/s1. The van der Waals surface area contributed by atoms with Gasteiger partial charge in [0.05, 0.1) is 18.8 Å². The third-order valence-corrected chi connectivity index (χ3v) is 4.83. The second-order valence-electron chi connectivity index (χ2n) is 6.66. The molecule has 1 aromatic heterocycles. The Morgan fingerprint density at radius 1 is 1.21 bits per heavy atom. The lowest BCUT2D eigenvalue weighted by molar-refractivity contribution is -0.130. The number of aromatic nitrogens is 1. The van der Waals surface area contributed by atoms with Crippen LogP contribution in [0.4, 0.5) is 0 Å². The smallest absolute Gasteiger partial charge is 0.255 e. The molecule has 0 aliphatic carbocycles. The molecule has 130 valence electrons. The number of rotatable bonds is 3. The largest absolute Gasteiger partial charge is 0.378 e. The predicted octanol–water partition coefficient (Wildman–Crippen LogP) is 1.35. The fourth-order valence-electron chi connectivity index (χ4n) is 3.52. The Bertz CT molecular complexity index is 599. The van der Waals surface area contributed by atoms with Crippen LogP contribution in [-0.2, 0) is 16.0 Å². The number of carbonyl (C=O) groups excluding carboxylic acids is 2. The average Bonchev–Trinajstić information content (AvgIpc) is 2.62. The molecule has 2 fully saturated rings. The maximum atomic E-state index is 12.6. The van der Waals surface area contributed by atoms with Crippen LogP contribution in [0.1, 0.15) is 35.7 Å². The van der Waals surface area contributed by atoms with Gasteiger partial charge in [0.15, 0.2) is 0 Å². The van der Waals surface area contributed by atoms with Crippen LogP contribution in [0.2, 0.25) is 0 Å². The van der Waals surface area contributed by atoms with Crippen molar-refractivity contribution in [1.29, 1.82) is 0 Å². The molecule has 2 amide bonds. The quantitative estimate of drug-likeness (QED) is 0.839. The highest BCUT2D eigenvalue weighted by molar-refractivity contribution is 5.94. The zero-order valence-corrected chi connectivity index (χ0v) is 14.2. The molecule has 6 heteroatoms. The number of piperidine rings is 1. The van der Waals surface area contributed by atoms with Gasteiger partial charge in [-0.15, -0.1) is 0 Å². The van der Waals surface area contributed by atoms with Crippen LogP contribution in [0.3, 0.4) is 0 Å². The Morgan fingerprint density at radius 3 is 2.75 bits per heavy atom. The Hall–Kier alpha value is -1.95. The van der Waals surface area contributed by atoms with E-state index in [1.165, 1.54) is 0 Å². The summed E-state index contributed by atoms with van der Waals surface area (Å²) >= 11 is 0. The molecule has 1 atom stereocenters. The van der Waals surface area contributed by atoms with E-state index in [4.69, 9.17) is 4.74 Å². The van der Waals surface area contributed by atoms with E-state index in [-0.39, 0.29) is 11.8 Å². The number of hydrogen-bond donors (Lipinski definition) is 0. The van der Waals surface area contributed by atoms with E-state index >= 15 is 0 Å². The molecular weight excluding hydrogens is 306 g/mol. The molecule has 3 rings (SSSR count). The molecule has 0 N–H and O–H groups in total. The van der Waals surface area contributed by atoms with Gasteiger partial charge in [-0.05, 0) is 36.8 Å². The molecule has 2 saturated heterocycles. The van der Waals surface area contributed by atoms with Gasteiger partial charge in [0.25, 0.3) is 5.91 Å². The van der Waals surface area contributed by atoms with Crippen molar-refractivity contribution >= 4 is 11.8 Å². The van der Waals surface area contributed by atoms with Gasteiger partial charge in [-0.2, -0.15) is 0 Å². The molecule has 6 nitrogen and oxygen atoms in total. The van der Waals surface area contributed by atoms with Crippen LogP contribution in [-0.4, -0.2) is 66.0 Å². The van der Waals surface area contributed by atoms with Crippen molar-refractivity contribution in [1.82, 2.24) is 14.8 Å². The number of likely N-dealkylation sites (tertiary alicyclic amines) is 1. The van der Waals surface area contributed by atoms with Gasteiger partial charge < -0.3 is 14.5 Å².